The second-order valence-electron chi connectivity index (χ2n) is 5.60. The van der Waals surface area contributed by atoms with Gasteiger partial charge in [-0.25, -0.2) is 4.98 Å². The van der Waals surface area contributed by atoms with Crippen molar-refractivity contribution in [2.75, 3.05) is 13.1 Å². The lowest BCUT2D eigenvalue weighted by Gasteiger charge is -2.23. The Balaban J connectivity index is 0.00000144. The molecule has 24 heavy (non-hydrogen) atoms. The first kappa shape index (κ1) is 20.5. The fraction of sp³-hybridized carbons (Fsp3) is 0.412. The molecule has 3 rings (SSSR count). The fourth-order valence-corrected chi connectivity index (χ4v) is 2.66. The van der Waals surface area contributed by atoms with Crippen LogP contribution >= 0.6 is 24.8 Å². The van der Waals surface area contributed by atoms with Gasteiger partial charge in [0.05, 0.1) is 6.20 Å². The molecule has 0 saturated carbocycles. The van der Waals surface area contributed by atoms with E-state index >= 15 is 0 Å². The molecule has 1 aromatic heterocycles. The monoisotopic (exact) mass is 371 g/mol. The molecule has 0 spiro atoms. The number of aryl methyl sites for hydroxylation is 1. The predicted octanol–water partition coefficient (Wildman–Crippen LogP) is 2.99. The van der Waals surface area contributed by atoms with Gasteiger partial charge in [-0.05, 0) is 19.4 Å². The Bertz CT molecular complexity index is 613. The van der Waals surface area contributed by atoms with Gasteiger partial charge >= 0.3 is 0 Å². The SMILES string of the molecule is Cl.Cl.O=C(CCc1ncc(-c2ccccc2)o1)NC1CCCNC1. The molecular formula is C17H23Cl2N3O2. The van der Waals surface area contributed by atoms with Crippen LogP contribution in [0.3, 0.4) is 0 Å². The first-order chi connectivity index (χ1) is 10.8. The van der Waals surface area contributed by atoms with Crippen molar-refractivity contribution in [1.82, 2.24) is 15.6 Å². The normalized spacial score (nSPS) is 16.6. The van der Waals surface area contributed by atoms with Crippen LogP contribution in [0.1, 0.15) is 25.2 Å². The number of oxazole rings is 1. The van der Waals surface area contributed by atoms with Gasteiger partial charge in [-0.2, -0.15) is 0 Å². The second-order valence-corrected chi connectivity index (χ2v) is 5.60. The van der Waals surface area contributed by atoms with Gasteiger partial charge in [0.25, 0.3) is 0 Å². The number of hydrogen-bond acceptors (Lipinski definition) is 4. The molecule has 0 radical (unpaired) electrons. The van der Waals surface area contributed by atoms with Gasteiger partial charge in [0.15, 0.2) is 11.7 Å². The molecule has 1 saturated heterocycles. The van der Waals surface area contributed by atoms with Gasteiger partial charge in [0.1, 0.15) is 0 Å². The average Bonchev–Trinajstić information content (AvgIpc) is 3.04. The number of piperidine rings is 1. The van der Waals surface area contributed by atoms with E-state index in [0.717, 1.165) is 37.3 Å². The van der Waals surface area contributed by atoms with Gasteiger partial charge in [-0.3, -0.25) is 4.79 Å². The maximum absolute atomic E-state index is 12.0. The number of aromatic nitrogens is 1. The number of rotatable bonds is 5. The molecule has 1 fully saturated rings. The summed E-state index contributed by atoms with van der Waals surface area (Å²) in [5.41, 5.74) is 0.999. The lowest BCUT2D eigenvalue weighted by molar-refractivity contribution is -0.121. The van der Waals surface area contributed by atoms with E-state index in [1.165, 1.54) is 0 Å². The molecule has 2 aromatic rings. The number of hydrogen-bond donors (Lipinski definition) is 2. The maximum Gasteiger partial charge on any atom is 0.220 e. The Kier molecular flexibility index (Phi) is 8.82. The van der Waals surface area contributed by atoms with Crippen LogP contribution in [0.5, 0.6) is 0 Å². The predicted molar refractivity (Wildman–Crippen MR) is 98.8 cm³/mol. The second kappa shape index (κ2) is 10.3. The summed E-state index contributed by atoms with van der Waals surface area (Å²) in [7, 11) is 0. The zero-order valence-corrected chi connectivity index (χ0v) is 15.0. The number of benzene rings is 1. The Morgan fingerprint density at radius 1 is 1.29 bits per heavy atom. The van der Waals surface area contributed by atoms with Crippen LogP contribution in [0.2, 0.25) is 0 Å². The highest BCUT2D eigenvalue weighted by Gasteiger charge is 2.15. The Hall–Kier alpha value is -1.56. The fourth-order valence-electron chi connectivity index (χ4n) is 2.66. The molecule has 1 aliphatic rings. The minimum atomic E-state index is 0. The zero-order valence-electron chi connectivity index (χ0n) is 13.4. The number of amides is 1. The molecule has 132 valence electrons. The van der Waals surface area contributed by atoms with Gasteiger partial charge in [-0.1, -0.05) is 30.3 Å². The van der Waals surface area contributed by atoms with Gasteiger partial charge < -0.3 is 15.1 Å². The molecule has 1 amide bonds. The topological polar surface area (TPSA) is 67.2 Å². The molecule has 5 nitrogen and oxygen atoms in total. The lowest BCUT2D eigenvalue weighted by Crippen LogP contribution is -2.45. The third kappa shape index (κ3) is 5.82. The van der Waals surface area contributed by atoms with E-state index in [-0.39, 0.29) is 36.8 Å². The highest BCUT2D eigenvalue weighted by molar-refractivity contribution is 5.85. The van der Waals surface area contributed by atoms with Crippen molar-refractivity contribution in [3.8, 4) is 11.3 Å². The van der Waals surface area contributed by atoms with Crippen molar-refractivity contribution in [1.29, 1.82) is 0 Å². The van der Waals surface area contributed by atoms with E-state index < -0.39 is 0 Å². The van der Waals surface area contributed by atoms with Crippen LogP contribution in [0.15, 0.2) is 40.9 Å². The van der Waals surface area contributed by atoms with Crippen LogP contribution < -0.4 is 10.6 Å². The number of nitrogens with one attached hydrogen (secondary N) is 2. The van der Waals surface area contributed by atoms with Gasteiger partial charge in [0, 0.05) is 31.0 Å². The molecule has 1 atom stereocenters. The number of halogens is 2. The molecule has 1 aliphatic heterocycles. The lowest BCUT2D eigenvalue weighted by atomic mass is 10.1. The number of carbonyl (C=O) groups is 1. The van der Waals surface area contributed by atoms with Crippen molar-refractivity contribution in [2.24, 2.45) is 0 Å². The van der Waals surface area contributed by atoms with E-state index in [9.17, 15) is 4.79 Å². The average molecular weight is 372 g/mol. The summed E-state index contributed by atoms with van der Waals surface area (Å²) in [5, 5.41) is 6.35. The third-order valence-corrected chi connectivity index (χ3v) is 3.84. The van der Waals surface area contributed by atoms with Crippen molar-refractivity contribution >= 4 is 30.7 Å². The van der Waals surface area contributed by atoms with Gasteiger partial charge in [0.2, 0.25) is 5.91 Å². The molecule has 0 aliphatic carbocycles. The Labute approximate surface area is 154 Å². The number of carbonyl (C=O) groups excluding carboxylic acids is 1. The van der Waals surface area contributed by atoms with Crippen LogP contribution in [-0.2, 0) is 11.2 Å². The minimum Gasteiger partial charge on any atom is -0.441 e. The summed E-state index contributed by atoms with van der Waals surface area (Å²) >= 11 is 0. The summed E-state index contributed by atoms with van der Waals surface area (Å²) in [6.45, 7) is 1.91. The van der Waals surface area contributed by atoms with Crippen LogP contribution in [0.4, 0.5) is 0 Å². The first-order valence-electron chi connectivity index (χ1n) is 7.81. The van der Waals surface area contributed by atoms with Crippen LogP contribution in [0, 0.1) is 0 Å². The van der Waals surface area contributed by atoms with Crippen molar-refractivity contribution in [3.63, 3.8) is 0 Å². The molecule has 0 bridgehead atoms. The highest BCUT2D eigenvalue weighted by atomic mass is 35.5. The quantitative estimate of drug-likeness (QED) is 0.847. The standard InChI is InChI=1S/C17H21N3O2.2ClH/c21-16(20-14-7-4-10-18-11-14)8-9-17-19-12-15(22-17)13-5-2-1-3-6-13;;/h1-3,5-6,12,14,18H,4,7-11H2,(H,20,21);2*1H. The van der Waals surface area contributed by atoms with Crippen molar-refractivity contribution < 1.29 is 9.21 Å². The van der Waals surface area contributed by atoms with Crippen molar-refractivity contribution in [2.45, 2.75) is 31.7 Å². The van der Waals surface area contributed by atoms with Crippen LogP contribution in [-0.4, -0.2) is 30.0 Å². The van der Waals surface area contributed by atoms with E-state index in [1.54, 1.807) is 6.20 Å². The van der Waals surface area contributed by atoms with E-state index in [4.69, 9.17) is 4.42 Å². The smallest absolute Gasteiger partial charge is 0.220 e. The number of nitrogens with zero attached hydrogens (tertiary/aromatic N) is 1. The Morgan fingerprint density at radius 2 is 2.08 bits per heavy atom. The first-order valence-corrected chi connectivity index (χ1v) is 7.81. The zero-order chi connectivity index (χ0) is 15.2. The van der Waals surface area contributed by atoms with E-state index in [1.807, 2.05) is 30.3 Å². The molecular weight excluding hydrogens is 349 g/mol. The van der Waals surface area contributed by atoms with E-state index in [0.29, 0.717) is 18.7 Å². The molecule has 2 heterocycles. The molecule has 1 aromatic carbocycles. The van der Waals surface area contributed by atoms with E-state index in [2.05, 4.69) is 15.6 Å². The highest BCUT2D eigenvalue weighted by Crippen LogP contribution is 2.20. The summed E-state index contributed by atoms with van der Waals surface area (Å²) in [5.74, 6) is 1.41. The molecule has 7 heteroatoms. The van der Waals surface area contributed by atoms with Crippen molar-refractivity contribution in [3.05, 3.63) is 42.4 Å². The third-order valence-electron chi connectivity index (χ3n) is 3.84. The summed E-state index contributed by atoms with van der Waals surface area (Å²) in [6.07, 6.45) is 4.82. The summed E-state index contributed by atoms with van der Waals surface area (Å²) in [4.78, 5) is 16.2. The maximum atomic E-state index is 12.0. The van der Waals surface area contributed by atoms with Gasteiger partial charge in [-0.15, -0.1) is 24.8 Å². The molecule has 1 unspecified atom stereocenters. The van der Waals surface area contributed by atoms with Crippen LogP contribution in [0.25, 0.3) is 11.3 Å². The minimum absolute atomic E-state index is 0. The largest absolute Gasteiger partial charge is 0.441 e. The Morgan fingerprint density at radius 3 is 2.79 bits per heavy atom. The molecule has 2 N–H and O–H groups in total. The summed E-state index contributed by atoms with van der Waals surface area (Å²) < 4.78 is 5.71. The summed E-state index contributed by atoms with van der Waals surface area (Å²) in [6, 6.07) is 10.1.